The zero-order chi connectivity index (χ0) is 11.5. The van der Waals surface area contributed by atoms with Gasteiger partial charge in [-0.05, 0) is 52.5 Å². The molecule has 3 heteroatoms. The minimum atomic E-state index is 0.750. The first-order valence-electron chi connectivity index (χ1n) is 6.69. The molecule has 4 atom stereocenters. The van der Waals surface area contributed by atoms with Crippen molar-refractivity contribution < 1.29 is 0 Å². The Morgan fingerprint density at radius 1 is 1.25 bits per heavy atom. The molecule has 1 heterocycles. The van der Waals surface area contributed by atoms with Gasteiger partial charge < -0.3 is 10.2 Å². The van der Waals surface area contributed by atoms with Crippen molar-refractivity contribution in [2.45, 2.75) is 62.4 Å². The molecule has 0 radical (unpaired) electrons. The van der Waals surface area contributed by atoms with Crippen molar-refractivity contribution in [3.05, 3.63) is 0 Å². The van der Waals surface area contributed by atoms with Crippen molar-refractivity contribution in [1.82, 2.24) is 10.2 Å². The van der Waals surface area contributed by atoms with Crippen LogP contribution in [0.5, 0.6) is 0 Å². The van der Waals surface area contributed by atoms with Crippen LogP contribution < -0.4 is 5.32 Å². The molecule has 2 aliphatic rings. The highest BCUT2D eigenvalue weighted by Crippen LogP contribution is 2.29. The van der Waals surface area contributed by atoms with Gasteiger partial charge in [0.05, 0.1) is 0 Å². The van der Waals surface area contributed by atoms with Crippen LogP contribution in [0.3, 0.4) is 0 Å². The van der Waals surface area contributed by atoms with Crippen molar-refractivity contribution >= 4 is 11.8 Å². The molecule has 2 nitrogen and oxygen atoms in total. The van der Waals surface area contributed by atoms with E-state index in [0.29, 0.717) is 0 Å². The fourth-order valence-corrected chi connectivity index (χ4v) is 4.09. The van der Waals surface area contributed by atoms with Crippen LogP contribution in [0, 0.1) is 0 Å². The molecule has 16 heavy (non-hydrogen) atoms. The van der Waals surface area contributed by atoms with Crippen molar-refractivity contribution in [2.24, 2.45) is 0 Å². The van der Waals surface area contributed by atoms with Crippen LogP contribution in [0.15, 0.2) is 0 Å². The van der Waals surface area contributed by atoms with Crippen LogP contribution in [-0.4, -0.2) is 48.1 Å². The second kappa shape index (κ2) is 5.74. The molecular formula is C13H26N2S. The number of nitrogens with zero attached hydrogens (tertiary/aromatic N) is 1. The van der Waals surface area contributed by atoms with Gasteiger partial charge in [0.15, 0.2) is 0 Å². The number of likely N-dealkylation sites (tertiary alicyclic amines) is 1. The second-order valence-corrected chi connectivity index (χ2v) is 6.61. The molecule has 1 aliphatic carbocycles. The van der Waals surface area contributed by atoms with Gasteiger partial charge in [-0.15, -0.1) is 0 Å². The van der Waals surface area contributed by atoms with Crippen molar-refractivity contribution in [1.29, 1.82) is 0 Å². The molecule has 0 aromatic rings. The highest BCUT2D eigenvalue weighted by atomic mass is 32.2. The van der Waals surface area contributed by atoms with E-state index in [1.54, 1.807) is 0 Å². The summed E-state index contributed by atoms with van der Waals surface area (Å²) in [5.74, 6) is 0. The van der Waals surface area contributed by atoms with Gasteiger partial charge in [-0.3, -0.25) is 0 Å². The van der Waals surface area contributed by atoms with Crippen LogP contribution in [0.25, 0.3) is 0 Å². The quantitative estimate of drug-likeness (QED) is 0.818. The molecule has 2 rings (SSSR count). The first-order valence-corrected chi connectivity index (χ1v) is 7.98. The van der Waals surface area contributed by atoms with Crippen LogP contribution in [-0.2, 0) is 0 Å². The number of hydrogen-bond donors (Lipinski definition) is 1. The van der Waals surface area contributed by atoms with Gasteiger partial charge in [-0.25, -0.2) is 0 Å². The monoisotopic (exact) mass is 242 g/mol. The fourth-order valence-electron chi connectivity index (χ4n) is 3.14. The summed E-state index contributed by atoms with van der Waals surface area (Å²) in [6, 6.07) is 2.31. The maximum atomic E-state index is 3.92. The highest BCUT2D eigenvalue weighted by molar-refractivity contribution is 7.99. The molecular weight excluding hydrogens is 216 g/mol. The van der Waals surface area contributed by atoms with Gasteiger partial charge in [-0.1, -0.05) is 6.42 Å². The zero-order valence-electron chi connectivity index (χ0n) is 10.9. The summed E-state index contributed by atoms with van der Waals surface area (Å²) in [7, 11) is 2.25. The molecule has 0 spiro atoms. The molecule has 2 fully saturated rings. The Morgan fingerprint density at radius 3 is 2.75 bits per heavy atom. The maximum Gasteiger partial charge on any atom is 0.0198 e. The highest BCUT2D eigenvalue weighted by Gasteiger charge is 2.30. The standard InChI is InChI=1S/C13H26N2S/c1-10-9-11(7-8-15(10)2)14-12-5-4-6-13(12)16-3/h10-14H,4-9H2,1-3H3. The number of piperidine rings is 1. The molecule has 94 valence electrons. The van der Waals surface area contributed by atoms with E-state index in [2.05, 4.69) is 42.2 Å². The van der Waals surface area contributed by atoms with Gasteiger partial charge in [0.1, 0.15) is 0 Å². The summed E-state index contributed by atoms with van der Waals surface area (Å²) in [5, 5.41) is 4.79. The Bertz CT molecular complexity index is 222. The largest absolute Gasteiger partial charge is 0.310 e. The Morgan fingerprint density at radius 2 is 2.06 bits per heavy atom. The summed E-state index contributed by atoms with van der Waals surface area (Å²) >= 11 is 2.06. The van der Waals surface area contributed by atoms with E-state index < -0.39 is 0 Å². The van der Waals surface area contributed by atoms with Crippen LogP contribution in [0.4, 0.5) is 0 Å². The Balaban J connectivity index is 1.81. The van der Waals surface area contributed by atoms with Gasteiger partial charge in [0.2, 0.25) is 0 Å². The minimum absolute atomic E-state index is 0.750. The third-order valence-corrected chi connectivity index (χ3v) is 5.58. The zero-order valence-corrected chi connectivity index (χ0v) is 11.7. The van der Waals surface area contributed by atoms with E-state index in [9.17, 15) is 0 Å². The average molecular weight is 242 g/mol. The molecule has 1 N–H and O–H groups in total. The topological polar surface area (TPSA) is 15.3 Å². The van der Waals surface area contributed by atoms with Crippen LogP contribution in [0.1, 0.15) is 39.0 Å². The SMILES string of the molecule is CSC1CCCC1NC1CCN(C)C(C)C1. The third kappa shape index (κ3) is 2.93. The van der Waals surface area contributed by atoms with E-state index in [1.165, 1.54) is 38.6 Å². The summed E-state index contributed by atoms with van der Waals surface area (Å²) in [4.78, 5) is 2.49. The number of hydrogen-bond acceptors (Lipinski definition) is 3. The smallest absolute Gasteiger partial charge is 0.0198 e. The fraction of sp³-hybridized carbons (Fsp3) is 1.00. The minimum Gasteiger partial charge on any atom is -0.310 e. The van der Waals surface area contributed by atoms with Gasteiger partial charge in [0.25, 0.3) is 0 Å². The molecule has 1 aliphatic heterocycles. The van der Waals surface area contributed by atoms with E-state index in [0.717, 1.165) is 23.4 Å². The number of rotatable bonds is 3. The van der Waals surface area contributed by atoms with Crippen molar-refractivity contribution in [3.8, 4) is 0 Å². The summed E-state index contributed by atoms with van der Waals surface area (Å²) in [6.07, 6.45) is 9.16. The lowest BCUT2D eigenvalue weighted by Gasteiger charge is -2.37. The lowest BCUT2D eigenvalue weighted by Crippen LogP contribution is -2.49. The van der Waals surface area contributed by atoms with Crippen LogP contribution >= 0.6 is 11.8 Å². The van der Waals surface area contributed by atoms with Gasteiger partial charge in [-0.2, -0.15) is 11.8 Å². The summed E-state index contributed by atoms with van der Waals surface area (Å²) in [6.45, 7) is 3.62. The normalized spacial score (nSPS) is 41.4. The Kier molecular flexibility index (Phi) is 4.57. The van der Waals surface area contributed by atoms with Crippen LogP contribution in [0.2, 0.25) is 0 Å². The average Bonchev–Trinajstić information content (AvgIpc) is 2.71. The Labute approximate surface area is 105 Å². The molecule has 0 aromatic heterocycles. The summed E-state index contributed by atoms with van der Waals surface area (Å²) in [5.41, 5.74) is 0. The lowest BCUT2D eigenvalue weighted by atomic mass is 9.98. The lowest BCUT2D eigenvalue weighted by molar-refractivity contribution is 0.163. The molecule has 0 aromatic carbocycles. The first-order chi connectivity index (χ1) is 7.70. The van der Waals surface area contributed by atoms with E-state index in [4.69, 9.17) is 0 Å². The van der Waals surface area contributed by atoms with Gasteiger partial charge in [0, 0.05) is 23.4 Å². The molecule has 4 unspecified atom stereocenters. The summed E-state index contributed by atoms with van der Waals surface area (Å²) < 4.78 is 0. The third-order valence-electron chi connectivity index (χ3n) is 4.41. The predicted molar refractivity (Wildman–Crippen MR) is 73.2 cm³/mol. The number of nitrogens with one attached hydrogen (secondary N) is 1. The molecule has 1 saturated carbocycles. The maximum absolute atomic E-state index is 3.92. The Hall–Kier alpha value is 0.270. The second-order valence-electron chi connectivity index (χ2n) is 5.53. The molecule has 1 saturated heterocycles. The predicted octanol–water partition coefficient (Wildman–Crippen LogP) is 2.34. The van der Waals surface area contributed by atoms with Gasteiger partial charge >= 0.3 is 0 Å². The number of thioether (sulfide) groups is 1. The van der Waals surface area contributed by atoms with E-state index in [-0.39, 0.29) is 0 Å². The van der Waals surface area contributed by atoms with E-state index >= 15 is 0 Å². The van der Waals surface area contributed by atoms with Crippen molar-refractivity contribution in [2.75, 3.05) is 19.8 Å². The first kappa shape index (κ1) is 12.7. The van der Waals surface area contributed by atoms with Crippen molar-refractivity contribution in [3.63, 3.8) is 0 Å². The van der Waals surface area contributed by atoms with E-state index in [1.807, 2.05) is 0 Å². The molecule has 0 amide bonds. The molecule has 0 bridgehead atoms.